The number of sulfonamides is 1. The third kappa shape index (κ3) is 7.09. The van der Waals surface area contributed by atoms with Crippen molar-refractivity contribution in [3.8, 4) is 0 Å². The van der Waals surface area contributed by atoms with E-state index in [1.807, 2.05) is 38.1 Å². The molecular weight excluding hydrogens is 476 g/mol. The van der Waals surface area contributed by atoms with E-state index in [0.717, 1.165) is 18.4 Å². The molecular formula is C26H34N6O3S. The van der Waals surface area contributed by atoms with Crippen molar-refractivity contribution < 1.29 is 13.2 Å². The molecule has 0 aliphatic carbocycles. The molecule has 0 atom stereocenters. The lowest BCUT2D eigenvalue weighted by Crippen LogP contribution is -2.62. The molecule has 1 fully saturated rings. The molecule has 1 aliphatic heterocycles. The molecule has 9 nitrogen and oxygen atoms in total. The summed E-state index contributed by atoms with van der Waals surface area (Å²) in [4.78, 5) is 20.1. The number of carbonyl (C=O) groups is 1. The lowest BCUT2D eigenvalue weighted by Gasteiger charge is -2.45. The molecule has 0 spiro atoms. The van der Waals surface area contributed by atoms with Crippen LogP contribution in [0.15, 0.2) is 84.3 Å². The van der Waals surface area contributed by atoms with Crippen molar-refractivity contribution >= 4 is 21.7 Å². The number of hydrogen-bond donors (Lipinski definition) is 3. The molecule has 1 aromatic carbocycles. The minimum Gasteiger partial charge on any atom is -0.334 e. The summed E-state index contributed by atoms with van der Waals surface area (Å²) >= 11 is 0. The topological polar surface area (TPSA) is 116 Å². The zero-order valence-electron chi connectivity index (χ0n) is 20.7. The Morgan fingerprint density at radius 3 is 2.25 bits per heavy atom. The van der Waals surface area contributed by atoms with Gasteiger partial charge < -0.3 is 16.0 Å². The number of pyridine rings is 2. The molecule has 1 aliphatic rings. The van der Waals surface area contributed by atoms with E-state index in [1.165, 1.54) is 0 Å². The Balaban J connectivity index is 0.000000526. The van der Waals surface area contributed by atoms with Crippen LogP contribution in [0.4, 0.5) is 10.5 Å². The predicted molar refractivity (Wildman–Crippen MR) is 141 cm³/mol. The number of carbonyl (C=O) groups excluding carboxylic acids is 1. The summed E-state index contributed by atoms with van der Waals surface area (Å²) in [6, 6.07) is 15.3. The second-order valence-electron chi connectivity index (χ2n) is 8.40. The summed E-state index contributed by atoms with van der Waals surface area (Å²) in [5, 5.41) is 8.79. The van der Waals surface area contributed by atoms with Crippen molar-refractivity contribution in [1.29, 1.82) is 0 Å². The van der Waals surface area contributed by atoms with Gasteiger partial charge in [-0.25, -0.2) is 13.2 Å². The summed E-state index contributed by atoms with van der Waals surface area (Å²) in [7, 11) is -3.63. The van der Waals surface area contributed by atoms with E-state index < -0.39 is 15.6 Å². The van der Waals surface area contributed by atoms with Crippen molar-refractivity contribution in [2.24, 2.45) is 0 Å². The standard InChI is InChI=1S/C21H29N5O3S.C5H5N/c1-3-21(4-2)16-23-12-13-26(21)30(28,29)19-9-7-18(8-10-19)25-20(27)24-15-17-6-5-11-22-14-17;1-2-4-6-5-3-1/h5-11,14,23H,3-4,12-13,15-16H2,1-2H3,(H2,24,25,27);1-5H. The van der Waals surface area contributed by atoms with Gasteiger partial charge in [0.05, 0.1) is 4.90 Å². The Morgan fingerprint density at radius 2 is 1.69 bits per heavy atom. The van der Waals surface area contributed by atoms with E-state index in [0.29, 0.717) is 31.9 Å². The summed E-state index contributed by atoms with van der Waals surface area (Å²) in [5.74, 6) is 0. The molecule has 10 heteroatoms. The maximum Gasteiger partial charge on any atom is 0.319 e. The molecule has 4 rings (SSSR count). The first-order chi connectivity index (χ1) is 17.4. The smallest absolute Gasteiger partial charge is 0.319 e. The number of benzene rings is 1. The molecule has 2 aromatic heterocycles. The molecule has 3 aromatic rings. The Hall–Kier alpha value is -3.34. The van der Waals surface area contributed by atoms with Crippen LogP contribution in [-0.2, 0) is 16.6 Å². The van der Waals surface area contributed by atoms with Gasteiger partial charge in [0, 0.05) is 62.2 Å². The van der Waals surface area contributed by atoms with Gasteiger partial charge in [0.15, 0.2) is 0 Å². The van der Waals surface area contributed by atoms with Crippen LogP contribution in [0.2, 0.25) is 0 Å². The van der Waals surface area contributed by atoms with Gasteiger partial charge in [-0.2, -0.15) is 4.31 Å². The van der Waals surface area contributed by atoms with E-state index in [4.69, 9.17) is 0 Å². The average Bonchev–Trinajstić information content (AvgIpc) is 2.94. The lowest BCUT2D eigenvalue weighted by atomic mass is 9.91. The highest BCUT2D eigenvalue weighted by Gasteiger charge is 2.43. The van der Waals surface area contributed by atoms with Crippen LogP contribution in [0.5, 0.6) is 0 Å². The zero-order chi connectivity index (χ0) is 25.9. The molecule has 0 radical (unpaired) electrons. The number of hydrogen-bond acceptors (Lipinski definition) is 6. The van der Waals surface area contributed by atoms with Gasteiger partial charge in [-0.05, 0) is 60.9 Å². The summed E-state index contributed by atoms with van der Waals surface area (Å²) in [5.41, 5.74) is 0.996. The normalized spacial score (nSPS) is 15.3. The van der Waals surface area contributed by atoms with Crippen LogP contribution >= 0.6 is 0 Å². The van der Waals surface area contributed by atoms with E-state index in [9.17, 15) is 13.2 Å². The van der Waals surface area contributed by atoms with E-state index >= 15 is 0 Å². The molecule has 0 saturated carbocycles. The van der Waals surface area contributed by atoms with Gasteiger partial charge in [-0.3, -0.25) is 9.97 Å². The van der Waals surface area contributed by atoms with Gasteiger partial charge >= 0.3 is 6.03 Å². The third-order valence-electron chi connectivity index (χ3n) is 6.23. The highest BCUT2D eigenvalue weighted by atomic mass is 32.2. The Labute approximate surface area is 213 Å². The summed E-state index contributed by atoms with van der Waals surface area (Å²) in [6.45, 7) is 6.13. The second-order valence-corrected chi connectivity index (χ2v) is 10.3. The SMILES string of the molecule is CCC1(CC)CNCCN1S(=O)(=O)c1ccc(NC(=O)NCc2cccnc2)cc1.c1ccncc1. The first-order valence-corrected chi connectivity index (χ1v) is 13.5. The largest absolute Gasteiger partial charge is 0.334 e. The summed E-state index contributed by atoms with van der Waals surface area (Å²) in [6.07, 6.45) is 8.34. The monoisotopic (exact) mass is 510 g/mol. The molecule has 0 unspecified atom stereocenters. The third-order valence-corrected chi connectivity index (χ3v) is 8.25. The Bertz CT molecular complexity index is 1140. The number of rotatable bonds is 7. The molecule has 3 N–H and O–H groups in total. The second kappa shape index (κ2) is 13.1. The summed E-state index contributed by atoms with van der Waals surface area (Å²) < 4.78 is 28.3. The molecule has 3 heterocycles. The van der Waals surface area contributed by atoms with E-state index in [1.54, 1.807) is 59.4 Å². The quantitative estimate of drug-likeness (QED) is 0.447. The maximum absolute atomic E-state index is 13.3. The molecule has 2 amide bonds. The first kappa shape index (κ1) is 27.3. The van der Waals surface area contributed by atoms with Crippen LogP contribution in [0.3, 0.4) is 0 Å². The maximum atomic E-state index is 13.3. The van der Waals surface area contributed by atoms with Crippen molar-refractivity contribution in [3.05, 3.63) is 84.9 Å². The minimum atomic E-state index is -3.63. The number of urea groups is 1. The molecule has 36 heavy (non-hydrogen) atoms. The van der Waals surface area contributed by atoms with Crippen molar-refractivity contribution in [1.82, 2.24) is 24.9 Å². The molecule has 1 saturated heterocycles. The number of nitrogens with zero attached hydrogens (tertiary/aromatic N) is 3. The van der Waals surface area contributed by atoms with Gasteiger partial charge in [0.25, 0.3) is 0 Å². The predicted octanol–water partition coefficient (Wildman–Crippen LogP) is 3.64. The van der Waals surface area contributed by atoms with Crippen LogP contribution in [-0.4, -0.2) is 53.9 Å². The zero-order valence-corrected chi connectivity index (χ0v) is 21.5. The van der Waals surface area contributed by atoms with Crippen LogP contribution in [0, 0.1) is 0 Å². The fourth-order valence-corrected chi connectivity index (χ4v) is 5.96. The minimum absolute atomic E-state index is 0.233. The van der Waals surface area contributed by atoms with Crippen molar-refractivity contribution in [2.75, 3.05) is 25.0 Å². The Morgan fingerprint density at radius 1 is 1.00 bits per heavy atom. The van der Waals surface area contributed by atoms with E-state index in [2.05, 4.69) is 25.9 Å². The fourth-order valence-electron chi connectivity index (χ4n) is 4.07. The highest BCUT2D eigenvalue weighted by Crippen LogP contribution is 2.32. The lowest BCUT2D eigenvalue weighted by molar-refractivity contribution is 0.136. The van der Waals surface area contributed by atoms with Crippen LogP contribution < -0.4 is 16.0 Å². The average molecular weight is 511 g/mol. The van der Waals surface area contributed by atoms with Crippen LogP contribution in [0.1, 0.15) is 32.3 Å². The Kier molecular flexibility index (Phi) is 9.92. The van der Waals surface area contributed by atoms with Crippen LogP contribution in [0.25, 0.3) is 0 Å². The van der Waals surface area contributed by atoms with E-state index in [-0.39, 0.29) is 10.9 Å². The van der Waals surface area contributed by atoms with Gasteiger partial charge in [0.2, 0.25) is 10.0 Å². The van der Waals surface area contributed by atoms with Gasteiger partial charge in [0.1, 0.15) is 0 Å². The molecule has 0 bridgehead atoms. The van der Waals surface area contributed by atoms with Gasteiger partial charge in [-0.1, -0.05) is 26.0 Å². The van der Waals surface area contributed by atoms with Crippen molar-refractivity contribution in [2.45, 2.75) is 43.7 Å². The highest BCUT2D eigenvalue weighted by molar-refractivity contribution is 7.89. The first-order valence-electron chi connectivity index (χ1n) is 12.0. The molecule has 192 valence electrons. The number of nitrogens with one attached hydrogen (secondary N) is 3. The van der Waals surface area contributed by atoms with Crippen molar-refractivity contribution in [3.63, 3.8) is 0 Å². The number of anilines is 1. The number of piperazine rings is 1. The van der Waals surface area contributed by atoms with Gasteiger partial charge in [-0.15, -0.1) is 0 Å². The number of aromatic nitrogens is 2. The fraction of sp³-hybridized carbons (Fsp3) is 0.346. The number of amides is 2.